The summed E-state index contributed by atoms with van der Waals surface area (Å²) in [5.74, 6) is -13.6. The number of ether oxygens (including phenoxy) is 4. The minimum Gasteiger partial charge on any atom is -0.489 e. The molecule has 0 amide bonds. The lowest BCUT2D eigenvalue weighted by atomic mass is 10.2. The second-order valence-corrected chi connectivity index (χ2v) is 5.73. The van der Waals surface area contributed by atoms with E-state index in [0.29, 0.717) is 11.4 Å². The third-order valence-corrected chi connectivity index (χ3v) is 3.61. The number of nitrogens with two attached hydrogens (primary N) is 1. The van der Waals surface area contributed by atoms with Crippen LogP contribution in [0.1, 0.15) is 6.42 Å². The number of esters is 1. The van der Waals surface area contributed by atoms with E-state index < -0.39 is 47.2 Å². The lowest BCUT2D eigenvalue weighted by Gasteiger charge is -2.10. The van der Waals surface area contributed by atoms with Crippen molar-refractivity contribution in [3.63, 3.8) is 0 Å². The fraction of sp³-hybridized carbons (Fsp3) is 0.316. The number of benzene rings is 2. The highest BCUT2D eigenvalue weighted by Gasteiger charge is 2.28. The minimum absolute atomic E-state index is 0.0866. The average molecular weight is 435 g/mol. The number of carbonyl (C=O) groups excluding carboxylic acids is 1. The van der Waals surface area contributed by atoms with Gasteiger partial charge in [-0.05, 0) is 12.1 Å². The molecule has 30 heavy (non-hydrogen) atoms. The number of rotatable bonds is 11. The summed E-state index contributed by atoms with van der Waals surface area (Å²) in [6, 6.07) is 6.96. The number of hydrogen-bond acceptors (Lipinski definition) is 6. The van der Waals surface area contributed by atoms with Crippen molar-refractivity contribution in [1.29, 1.82) is 0 Å². The van der Waals surface area contributed by atoms with Gasteiger partial charge in [-0.25, -0.2) is 13.2 Å². The molecular formula is C19H18F5NO5. The highest BCUT2D eigenvalue weighted by molar-refractivity contribution is 5.72. The minimum atomic E-state index is -2.34. The van der Waals surface area contributed by atoms with Gasteiger partial charge < -0.3 is 24.7 Å². The smallest absolute Gasteiger partial charge is 0.313 e. The van der Waals surface area contributed by atoms with Gasteiger partial charge >= 0.3 is 5.97 Å². The van der Waals surface area contributed by atoms with Gasteiger partial charge in [-0.15, -0.1) is 0 Å². The summed E-state index contributed by atoms with van der Waals surface area (Å²) in [6.45, 7) is 0.542. The van der Waals surface area contributed by atoms with E-state index in [9.17, 15) is 26.7 Å². The molecule has 2 rings (SSSR count). The molecule has 0 aromatic heterocycles. The molecule has 0 heterocycles. The van der Waals surface area contributed by atoms with Crippen LogP contribution in [-0.2, 0) is 14.3 Å². The van der Waals surface area contributed by atoms with E-state index in [1.54, 1.807) is 24.3 Å². The van der Waals surface area contributed by atoms with Crippen molar-refractivity contribution in [1.82, 2.24) is 0 Å². The van der Waals surface area contributed by atoms with Crippen molar-refractivity contribution in [2.24, 2.45) is 0 Å². The van der Waals surface area contributed by atoms with Gasteiger partial charge in [0, 0.05) is 0 Å². The normalized spacial score (nSPS) is 10.8. The Bertz CT molecular complexity index is 852. The molecular weight excluding hydrogens is 417 g/mol. The van der Waals surface area contributed by atoms with Gasteiger partial charge in [0.05, 0.1) is 38.5 Å². The van der Waals surface area contributed by atoms with Crippen molar-refractivity contribution in [3.05, 3.63) is 53.4 Å². The topological polar surface area (TPSA) is 80.0 Å². The second kappa shape index (κ2) is 11.3. The van der Waals surface area contributed by atoms with Crippen LogP contribution in [0.3, 0.4) is 0 Å². The average Bonchev–Trinajstić information content (AvgIpc) is 2.74. The molecule has 0 radical (unpaired) electrons. The quantitative estimate of drug-likeness (QED) is 0.111. The van der Waals surface area contributed by atoms with E-state index in [4.69, 9.17) is 19.9 Å². The van der Waals surface area contributed by atoms with Crippen molar-refractivity contribution in [3.8, 4) is 11.5 Å². The van der Waals surface area contributed by atoms with Gasteiger partial charge in [0.15, 0.2) is 0 Å². The molecule has 0 bridgehead atoms. The fourth-order valence-electron chi connectivity index (χ4n) is 2.14. The maximum Gasteiger partial charge on any atom is 0.313 e. The van der Waals surface area contributed by atoms with E-state index in [0.717, 1.165) is 0 Å². The molecule has 0 fully saturated rings. The lowest BCUT2D eigenvalue weighted by molar-refractivity contribution is -0.136. The first-order valence-electron chi connectivity index (χ1n) is 8.67. The summed E-state index contributed by atoms with van der Waals surface area (Å²) >= 11 is 0. The van der Waals surface area contributed by atoms with Gasteiger partial charge in [0.2, 0.25) is 34.8 Å². The van der Waals surface area contributed by atoms with Gasteiger partial charge in [0.25, 0.3) is 0 Å². The number of anilines is 1. The van der Waals surface area contributed by atoms with Gasteiger partial charge in [-0.2, -0.15) is 8.78 Å². The molecule has 2 aromatic rings. The van der Waals surface area contributed by atoms with Gasteiger partial charge in [-0.3, -0.25) is 4.79 Å². The highest BCUT2D eigenvalue weighted by Crippen LogP contribution is 2.29. The first-order chi connectivity index (χ1) is 14.3. The number of nitrogen functional groups attached to an aromatic ring is 1. The summed E-state index contributed by atoms with van der Waals surface area (Å²) in [4.78, 5) is 11.5. The molecule has 2 N–H and O–H groups in total. The van der Waals surface area contributed by atoms with E-state index in [1.807, 2.05) is 0 Å². The largest absolute Gasteiger partial charge is 0.489 e. The summed E-state index contributed by atoms with van der Waals surface area (Å²) in [7, 11) is 0. The Hall–Kier alpha value is -2.92. The summed E-state index contributed by atoms with van der Waals surface area (Å²) in [5.41, 5.74) is 6.21. The third kappa shape index (κ3) is 6.29. The predicted molar refractivity (Wildman–Crippen MR) is 94.5 cm³/mol. The zero-order chi connectivity index (χ0) is 22.1. The van der Waals surface area contributed by atoms with Crippen LogP contribution in [0.5, 0.6) is 11.5 Å². The molecule has 0 atom stereocenters. The Labute approximate surface area is 168 Å². The highest BCUT2D eigenvalue weighted by atomic mass is 19.2. The Morgan fingerprint density at radius 3 is 1.93 bits per heavy atom. The molecule has 0 unspecified atom stereocenters. The fourth-order valence-corrected chi connectivity index (χ4v) is 2.14. The SMILES string of the molecule is Nc1ccccc1OCCOCCOCCC(=O)Oc1c(F)c(F)c(F)c(F)c1F. The maximum absolute atomic E-state index is 13.4. The Morgan fingerprint density at radius 1 is 0.767 bits per heavy atom. The molecule has 0 aliphatic carbocycles. The summed E-state index contributed by atoms with van der Waals surface area (Å²) < 4.78 is 85.8. The van der Waals surface area contributed by atoms with Crippen LogP contribution in [0.2, 0.25) is 0 Å². The van der Waals surface area contributed by atoms with Crippen LogP contribution in [0.15, 0.2) is 24.3 Å². The molecule has 2 aromatic carbocycles. The molecule has 6 nitrogen and oxygen atoms in total. The van der Waals surface area contributed by atoms with Crippen LogP contribution < -0.4 is 15.2 Å². The molecule has 11 heteroatoms. The first kappa shape index (κ1) is 23.4. The van der Waals surface area contributed by atoms with Crippen molar-refractivity contribution >= 4 is 11.7 Å². The summed E-state index contributed by atoms with van der Waals surface area (Å²) in [6.07, 6.45) is -0.476. The number of carbonyl (C=O) groups is 1. The van der Waals surface area contributed by atoms with E-state index in [-0.39, 0.29) is 33.0 Å². The van der Waals surface area contributed by atoms with E-state index in [1.165, 1.54) is 0 Å². The number of para-hydroxylation sites is 2. The zero-order valence-corrected chi connectivity index (χ0v) is 15.6. The van der Waals surface area contributed by atoms with Crippen molar-refractivity contribution < 1.29 is 45.7 Å². The predicted octanol–water partition coefficient (Wildman–Crippen LogP) is 3.37. The monoisotopic (exact) mass is 435 g/mol. The standard InChI is InChI=1S/C19H18F5NO5/c20-14-15(21)17(23)19(18(24)16(14)22)30-13(26)5-6-27-7-8-28-9-10-29-12-4-2-1-3-11(12)25/h1-4H,5-10,25H2. The van der Waals surface area contributed by atoms with Crippen LogP contribution >= 0.6 is 0 Å². The van der Waals surface area contributed by atoms with Crippen LogP contribution in [0.4, 0.5) is 27.6 Å². The molecule has 0 aliphatic heterocycles. The first-order valence-corrected chi connectivity index (χ1v) is 8.67. The van der Waals surface area contributed by atoms with Crippen LogP contribution in [0, 0.1) is 29.1 Å². The number of halogens is 5. The van der Waals surface area contributed by atoms with Gasteiger partial charge in [0.1, 0.15) is 12.4 Å². The van der Waals surface area contributed by atoms with Crippen molar-refractivity contribution in [2.45, 2.75) is 6.42 Å². The third-order valence-electron chi connectivity index (χ3n) is 3.61. The van der Waals surface area contributed by atoms with Crippen LogP contribution in [-0.4, -0.2) is 39.0 Å². The Morgan fingerprint density at radius 2 is 1.30 bits per heavy atom. The molecule has 0 saturated heterocycles. The number of hydrogen-bond donors (Lipinski definition) is 1. The molecule has 0 saturated carbocycles. The van der Waals surface area contributed by atoms with Gasteiger partial charge in [-0.1, -0.05) is 12.1 Å². The Kier molecular flexibility index (Phi) is 8.81. The Balaban J connectivity index is 1.60. The molecule has 0 aliphatic rings. The van der Waals surface area contributed by atoms with E-state index >= 15 is 0 Å². The van der Waals surface area contributed by atoms with Crippen LogP contribution in [0.25, 0.3) is 0 Å². The molecule has 0 spiro atoms. The molecule has 164 valence electrons. The zero-order valence-electron chi connectivity index (χ0n) is 15.6. The van der Waals surface area contributed by atoms with E-state index in [2.05, 4.69) is 4.74 Å². The maximum atomic E-state index is 13.4. The summed E-state index contributed by atoms with van der Waals surface area (Å²) in [5, 5.41) is 0. The van der Waals surface area contributed by atoms with Crippen molar-refractivity contribution in [2.75, 3.05) is 38.8 Å². The second-order valence-electron chi connectivity index (χ2n) is 5.73. The lowest BCUT2D eigenvalue weighted by Crippen LogP contribution is -2.16.